The molecule has 2 nitrogen and oxygen atoms in total. The second-order valence-electron chi connectivity index (χ2n) is 3.38. The van der Waals surface area contributed by atoms with Gasteiger partial charge in [0.25, 0.3) is 0 Å². The molecule has 0 spiro atoms. The van der Waals surface area contributed by atoms with Gasteiger partial charge >= 0.3 is 0 Å². The molecule has 11 heavy (non-hydrogen) atoms. The van der Waals surface area contributed by atoms with Crippen molar-refractivity contribution in [3.8, 4) is 0 Å². The van der Waals surface area contributed by atoms with Gasteiger partial charge in [-0.05, 0) is 45.4 Å². The van der Waals surface area contributed by atoms with E-state index in [0.717, 1.165) is 13.1 Å². The topological polar surface area (TPSA) is 29.3 Å². The van der Waals surface area contributed by atoms with Crippen molar-refractivity contribution in [3.63, 3.8) is 0 Å². The fourth-order valence-corrected chi connectivity index (χ4v) is 0.986. The molecule has 0 saturated heterocycles. The fraction of sp³-hybridized carbons (Fsp3) is 1.00. The van der Waals surface area contributed by atoms with Crippen molar-refractivity contribution in [1.29, 1.82) is 0 Å². The van der Waals surface area contributed by atoms with Gasteiger partial charge in [0.15, 0.2) is 0 Å². The first-order chi connectivity index (χ1) is 5.20. The van der Waals surface area contributed by atoms with Crippen LogP contribution in [-0.4, -0.2) is 31.6 Å². The van der Waals surface area contributed by atoms with E-state index in [1.807, 2.05) is 0 Å². The Bertz CT molecular complexity index is 73.6. The van der Waals surface area contributed by atoms with Crippen LogP contribution < -0.4 is 5.73 Å². The van der Waals surface area contributed by atoms with Crippen molar-refractivity contribution in [2.45, 2.75) is 26.7 Å². The summed E-state index contributed by atoms with van der Waals surface area (Å²) in [6, 6.07) is 0. The molecule has 0 fully saturated rings. The van der Waals surface area contributed by atoms with E-state index in [9.17, 15) is 0 Å². The minimum atomic E-state index is 0.695. The van der Waals surface area contributed by atoms with Gasteiger partial charge in [-0.1, -0.05) is 13.8 Å². The normalized spacial score (nSPS) is 13.9. The maximum atomic E-state index is 5.51. The molecule has 0 aromatic rings. The number of hydrogen-bond donors (Lipinski definition) is 1. The molecule has 0 rings (SSSR count). The Morgan fingerprint density at radius 1 is 1.45 bits per heavy atom. The number of hydrogen-bond acceptors (Lipinski definition) is 2. The van der Waals surface area contributed by atoms with E-state index in [4.69, 9.17) is 5.73 Å². The molecule has 0 aromatic heterocycles. The predicted octanol–water partition coefficient (Wildman–Crippen LogP) is 1.31. The van der Waals surface area contributed by atoms with Crippen molar-refractivity contribution in [1.82, 2.24) is 4.90 Å². The lowest BCUT2D eigenvalue weighted by molar-refractivity contribution is 0.331. The number of rotatable bonds is 6. The summed E-state index contributed by atoms with van der Waals surface area (Å²) in [7, 11) is 2.16. The maximum Gasteiger partial charge on any atom is -0.00218 e. The highest BCUT2D eigenvalue weighted by Gasteiger charge is 1.99. The smallest absolute Gasteiger partial charge is 0.00218 e. The monoisotopic (exact) mass is 158 g/mol. The zero-order chi connectivity index (χ0) is 8.69. The summed E-state index contributed by atoms with van der Waals surface area (Å²) >= 11 is 0. The Hall–Kier alpha value is -0.0800. The van der Waals surface area contributed by atoms with E-state index in [-0.39, 0.29) is 0 Å². The van der Waals surface area contributed by atoms with E-state index < -0.39 is 0 Å². The predicted molar refractivity (Wildman–Crippen MR) is 50.6 cm³/mol. The Balaban J connectivity index is 3.13. The Labute approximate surface area is 70.8 Å². The summed E-state index contributed by atoms with van der Waals surface area (Å²) in [5.74, 6) is 0.695. The molecule has 2 N–H and O–H groups in total. The zero-order valence-electron chi connectivity index (χ0n) is 8.14. The minimum absolute atomic E-state index is 0.695. The molecule has 1 atom stereocenters. The second kappa shape index (κ2) is 6.62. The molecule has 0 aliphatic carbocycles. The van der Waals surface area contributed by atoms with E-state index in [1.165, 1.54) is 19.4 Å². The first-order valence-corrected chi connectivity index (χ1v) is 4.59. The van der Waals surface area contributed by atoms with Gasteiger partial charge in [-0.3, -0.25) is 0 Å². The summed E-state index contributed by atoms with van der Waals surface area (Å²) < 4.78 is 0. The van der Waals surface area contributed by atoms with Gasteiger partial charge in [-0.25, -0.2) is 0 Å². The largest absolute Gasteiger partial charge is 0.330 e. The molecule has 0 aliphatic heterocycles. The van der Waals surface area contributed by atoms with Crippen LogP contribution in [0.1, 0.15) is 26.7 Å². The van der Waals surface area contributed by atoms with Gasteiger partial charge in [-0.2, -0.15) is 0 Å². The highest BCUT2D eigenvalue weighted by atomic mass is 15.1. The van der Waals surface area contributed by atoms with E-state index in [0.29, 0.717) is 5.92 Å². The highest BCUT2D eigenvalue weighted by Crippen LogP contribution is 2.03. The lowest BCUT2D eigenvalue weighted by atomic mass is 10.1. The Morgan fingerprint density at radius 2 is 2.09 bits per heavy atom. The van der Waals surface area contributed by atoms with Gasteiger partial charge in [-0.15, -0.1) is 0 Å². The molecule has 68 valence electrons. The average Bonchev–Trinajstić information content (AvgIpc) is 2.04. The van der Waals surface area contributed by atoms with Gasteiger partial charge in [0.2, 0.25) is 0 Å². The standard InChI is InChI=1S/C9H22N2/c1-4-11(3)7-5-6-9(2)8-10/h9H,4-8,10H2,1-3H3. The van der Waals surface area contributed by atoms with Gasteiger partial charge < -0.3 is 10.6 Å². The van der Waals surface area contributed by atoms with Crippen LogP contribution in [-0.2, 0) is 0 Å². The van der Waals surface area contributed by atoms with Gasteiger partial charge in [0.05, 0.1) is 0 Å². The molecule has 0 aliphatic rings. The summed E-state index contributed by atoms with van der Waals surface area (Å²) in [6.45, 7) is 7.59. The summed E-state index contributed by atoms with van der Waals surface area (Å²) in [6.07, 6.45) is 2.55. The first kappa shape index (κ1) is 10.9. The summed E-state index contributed by atoms with van der Waals surface area (Å²) in [4.78, 5) is 2.34. The highest BCUT2D eigenvalue weighted by molar-refractivity contribution is 4.55. The van der Waals surface area contributed by atoms with Crippen LogP contribution in [0.2, 0.25) is 0 Å². The molecule has 2 heteroatoms. The Kier molecular flexibility index (Phi) is 6.57. The van der Waals surface area contributed by atoms with Crippen LogP contribution in [0.4, 0.5) is 0 Å². The van der Waals surface area contributed by atoms with Crippen molar-refractivity contribution in [3.05, 3.63) is 0 Å². The molecule has 0 heterocycles. The zero-order valence-corrected chi connectivity index (χ0v) is 8.14. The third-order valence-electron chi connectivity index (χ3n) is 2.18. The van der Waals surface area contributed by atoms with Crippen molar-refractivity contribution in [2.24, 2.45) is 11.7 Å². The third-order valence-corrected chi connectivity index (χ3v) is 2.18. The summed E-state index contributed by atoms with van der Waals surface area (Å²) in [5.41, 5.74) is 5.51. The van der Waals surface area contributed by atoms with Crippen LogP contribution in [0.5, 0.6) is 0 Å². The van der Waals surface area contributed by atoms with Gasteiger partial charge in [0, 0.05) is 0 Å². The van der Waals surface area contributed by atoms with Crippen LogP contribution in [0.15, 0.2) is 0 Å². The average molecular weight is 158 g/mol. The van der Waals surface area contributed by atoms with Crippen molar-refractivity contribution >= 4 is 0 Å². The lowest BCUT2D eigenvalue weighted by Crippen LogP contribution is -2.20. The quantitative estimate of drug-likeness (QED) is 0.631. The van der Waals surface area contributed by atoms with Gasteiger partial charge in [0.1, 0.15) is 0 Å². The van der Waals surface area contributed by atoms with Crippen LogP contribution in [0.3, 0.4) is 0 Å². The molecule has 1 unspecified atom stereocenters. The van der Waals surface area contributed by atoms with Crippen LogP contribution in [0.25, 0.3) is 0 Å². The van der Waals surface area contributed by atoms with E-state index >= 15 is 0 Å². The van der Waals surface area contributed by atoms with Crippen molar-refractivity contribution < 1.29 is 0 Å². The number of nitrogens with zero attached hydrogens (tertiary/aromatic N) is 1. The van der Waals surface area contributed by atoms with E-state index in [1.54, 1.807) is 0 Å². The van der Waals surface area contributed by atoms with Crippen LogP contribution in [0, 0.1) is 5.92 Å². The molecule has 0 saturated carbocycles. The maximum absolute atomic E-state index is 5.51. The SMILES string of the molecule is CCN(C)CCCC(C)CN. The fourth-order valence-electron chi connectivity index (χ4n) is 0.986. The molecular weight excluding hydrogens is 136 g/mol. The molecule has 0 aromatic carbocycles. The lowest BCUT2D eigenvalue weighted by Gasteiger charge is -2.14. The third kappa shape index (κ3) is 6.32. The molecule has 0 amide bonds. The molecule has 0 bridgehead atoms. The second-order valence-corrected chi connectivity index (χ2v) is 3.38. The minimum Gasteiger partial charge on any atom is -0.330 e. The molecule has 0 radical (unpaired) electrons. The van der Waals surface area contributed by atoms with Crippen molar-refractivity contribution in [2.75, 3.05) is 26.7 Å². The molecular formula is C9H22N2. The first-order valence-electron chi connectivity index (χ1n) is 4.59. The van der Waals surface area contributed by atoms with E-state index in [2.05, 4.69) is 25.8 Å². The Morgan fingerprint density at radius 3 is 2.55 bits per heavy atom. The van der Waals surface area contributed by atoms with Crippen LogP contribution >= 0.6 is 0 Å². The number of nitrogens with two attached hydrogens (primary N) is 1. The summed E-state index contributed by atoms with van der Waals surface area (Å²) in [5, 5.41) is 0.